The number of rotatable bonds is 5. The molecule has 3 unspecified atom stereocenters. The summed E-state index contributed by atoms with van der Waals surface area (Å²) in [6.07, 6.45) is 4.43. The zero-order valence-corrected chi connectivity index (χ0v) is 11.8. The first-order valence-electron chi connectivity index (χ1n) is 7.35. The second-order valence-electron chi connectivity index (χ2n) is 5.73. The number of pyridine rings is 1. The summed E-state index contributed by atoms with van der Waals surface area (Å²) in [7, 11) is 0. The van der Waals surface area contributed by atoms with Crippen molar-refractivity contribution in [3.63, 3.8) is 0 Å². The average molecular weight is 254 g/mol. The molecule has 3 atom stereocenters. The predicted octanol–water partition coefficient (Wildman–Crippen LogP) is 3.41. The van der Waals surface area contributed by atoms with Gasteiger partial charge in [-0.15, -0.1) is 0 Å². The van der Waals surface area contributed by atoms with Crippen LogP contribution in [0.15, 0.2) is 36.5 Å². The van der Waals surface area contributed by atoms with Crippen molar-refractivity contribution in [3.8, 4) is 0 Å². The molecule has 1 aromatic carbocycles. The monoisotopic (exact) mass is 254 g/mol. The van der Waals surface area contributed by atoms with Gasteiger partial charge in [-0.2, -0.15) is 0 Å². The molecule has 2 heteroatoms. The van der Waals surface area contributed by atoms with Gasteiger partial charge in [0.1, 0.15) is 0 Å². The van der Waals surface area contributed by atoms with Crippen LogP contribution >= 0.6 is 0 Å². The first kappa shape index (κ1) is 12.6. The molecule has 1 saturated carbocycles. The minimum Gasteiger partial charge on any atom is -0.314 e. The van der Waals surface area contributed by atoms with Gasteiger partial charge in [0.05, 0.1) is 5.52 Å². The SMILES string of the molecule is CCNC(Cc1ccnc2ccccc12)C1CC1C. The summed E-state index contributed by atoms with van der Waals surface area (Å²) in [6, 6.07) is 11.3. The third-order valence-electron chi connectivity index (χ3n) is 4.33. The maximum absolute atomic E-state index is 4.45. The molecule has 0 aliphatic heterocycles. The molecule has 19 heavy (non-hydrogen) atoms. The van der Waals surface area contributed by atoms with Crippen LogP contribution in [0.25, 0.3) is 10.9 Å². The van der Waals surface area contributed by atoms with Gasteiger partial charge < -0.3 is 5.32 Å². The van der Waals surface area contributed by atoms with Crippen molar-refractivity contribution < 1.29 is 0 Å². The molecule has 1 heterocycles. The van der Waals surface area contributed by atoms with Crippen LogP contribution in [0.2, 0.25) is 0 Å². The number of benzene rings is 1. The molecule has 1 fully saturated rings. The Labute approximate surface area is 115 Å². The standard InChI is InChI=1S/C17H22N2/c1-3-18-17(15-10-12(15)2)11-13-8-9-19-16-7-5-4-6-14(13)16/h4-9,12,15,17-18H,3,10-11H2,1-2H3. The van der Waals surface area contributed by atoms with Crippen molar-refractivity contribution in [2.24, 2.45) is 11.8 Å². The maximum atomic E-state index is 4.45. The molecule has 1 aromatic heterocycles. The molecular weight excluding hydrogens is 232 g/mol. The smallest absolute Gasteiger partial charge is 0.0704 e. The molecular formula is C17H22N2. The van der Waals surface area contributed by atoms with Crippen molar-refractivity contribution >= 4 is 10.9 Å². The van der Waals surface area contributed by atoms with Crippen molar-refractivity contribution in [2.75, 3.05) is 6.54 Å². The molecule has 2 nitrogen and oxygen atoms in total. The van der Waals surface area contributed by atoms with Gasteiger partial charge in [-0.3, -0.25) is 4.98 Å². The summed E-state index contributed by atoms with van der Waals surface area (Å²) >= 11 is 0. The molecule has 0 bridgehead atoms. The number of likely N-dealkylation sites (N-methyl/N-ethyl adjacent to an activating group) is 1. The molecule has 0 radical (unpaired) electrons. The number of para-hydroxylation sites is 1. The van der Waals surface area contributed by atoms with Gasteiger partial charge in [-0.1, -0.05) is 32.0 Å². The van der Waals surface area contributed by atoms with Crippen LogP contribution < -0.4 is 5.32 Å². The van der Waals surface area contributed by atoms with Gasteiger partial charge in [-0.25, -0.2) is 0 Å². The van der Waals surface area contributed by atoms with Gasteiger partial charge >= 0.3 is 0 Å². The molecule has 100 valence electrons. The average Bonchev–Trinajstić information content (AvgIpc) is 3.16. The highest BCUT2D eigenvalue weighted by molar-refractivity contribution is 5.81. The highest BCUT2D eigenvalue weighted by Crippen LogP contribution is 2.41. The highest BCUT2D eigenvalue weighted by atomic mass is 14.9. The normalized spacial score (nSPS) is 23.5. The van der Waals surface area contributed by atoms with Gasteiger partial charge in [0.15, 0.2) is 0 Å². The molecule has 3 rings (SSSR count). The van der Waals surface area contributed by atoms with Crippen LogP contribution in [0.1, 0.15) is 25.8 Å². The van der Waals surface area contributed by atoms with Crippen LogP contribution in [0, 0.1) is 11.8 Å². The quantitative estimate of drug-likeness (QED) is 0.884. The Hall–Kier alpha value is -1.41. The van der Waals surface area contributed by atoms with E-state index < -0.39 is 0 Å². The predicted molar refractivity (Wildman–Crippen MR) is 80.2 cm³/mol. The fraction of sp³-hybridized carbons (Fsp3) is 0.471. The summed E-state index contributed by atoms with van der Waals surface area (Å²) in [4.78, 5) is 4.45. The maximum Gasteiger partial charge on any atom is 0.0704 e. The zero-order chi connectivity index (χ0) is 13.2. The van der Waals surface area contributed by atoms with E-state index in [4.69, 9.17) is 0 Å². The topological polar surface area (TPSA) is 24.9 Å². The lowest BCUT2D eigenvalue weighted by Crippen LogP contribution is -2.33. The van der Waals surface area contributed by atoms with Gasteiger partial charge in [0, 0.05) is 17.6 Å². The van der Waals surface area contributed by atoms with Crippen LogP contribution in [-0.2, 0) is 6.42 Å². The molecule has 1 N–H and O–H groups in total. The lowest BCUT2D eigenvalue weighted by atomic mass is 9.98. The summed E-state index contributed by atoms with van der Waals surface area (Å²) in [5.41, 5.74) is 2.54. The molecule has 1 aliphatic carbocycles. The Kier molecular flexibility index (Phi) is 3.52. The fourth-order valence-electron chi connectivity index (χ4n) is 3.12. The molecule has 0 amide bonds. The number of nitrogens with one attached hydrogen (secondary N) is 1. The molecule has 1 aliphatic rings. The van der Waals surface area contributed by atoms with E-state index in [2.05, 4.69) is 54.5 Å². The number of hydrogen-bond donors (Lipinski definition) is 1. The number of hydrogen-bond acceptors (Lipinski definition) is 2. The van der Waals surface area contributed by atoms with E-state index in [0.29, 0.717) is 6.04 Å². The van der Waals surface area contributed by atoms with Crippen molar-refractivity contribution in [3.05, 3.63) is 42.1 Å². The Morgan fingerprint density at radius 3 is 2.84 bits per heavy atom. The third-order valence-corrected chi connectivity index (χ3v) is 4.33. The number of nitrogens with zero attached hydrogens (tertiary/aromatic N) is 1. The van der Waals surface area contributed by atoms with Crippen LogP contribution in [-0.4, -0.2) is 17.6 Å². The fourth-order valence-corrected chi connectivity index (χ4v) is 3.12. The summed E-state index contributed by atoms with van der Waals surface area (Å²) in [6.45, 7) is 5.61. The zero-order valence-electron chi connectivity index (χ0n) is 11.8. The van der Waals surface area contributed by atoms with E-state index >= 15 is 0 Å². The van der Waals surface area contributed by atoms with E-state index in [-0.39, 0.29) is 0 Å². The number of aromatic nitrogens is 1. The second kappa shape index (κ2) is 5.30. The minimum atomic E-state index is 0.616. The van der Waals surface area contributed by atoms with E-state index in [1.54, 1.807) is 0 Å². The molecule has 2 aromatic rings. The summed E-state index contributed by atoms with van der Waals surface area (Å²) in [5.74, 6) is 1.74. The van der Waals surface area contributed by atoms with Gasteiger partial charge in [-0.05, 0) is 48.9 Å². The lowest BCUT2D eigenvalue weighted by molar-refractivity contribution is 0.455. The highest BCUT2D eigenvalue weighted by Gasteiger charge is 2.38. The van der Waals surface area contributed by atoms with Gasteiger partial charge in [0.25, 0.3) is 0 Å². The first-order valence-corrected chi connectivity index (χ1v) is 7.35. The Morgan fingerprint density at radius 2 is 2.11 bits per heavy atom. The number of fused-ring (bicyclic) bond motifs is 1. The Balaban J connectivity index is 1.87. The minimum absolute atomic E-state index is 0.616. The molecule has 0 saturated heterocycles. The summed E-state index contributed by atoms with van der Waals surface area (Å²) < 4.78 is 0. The van der Waals surface area contributed by atoms with E-state index in [1.807, 2.05) is 6.20 Å². The Bertz CT molecular complexity index is 559. The van der Waals surface area contributed by atoms with Crippen molar-refractivity contribution in [1.29, 1.82) is 0 Å². The van der Waals surface area contributed by atoms with Gasteiger partial charge in [0.2, 0.25) is 0 Å². The summed E-state index contributed by atoms with van der Waals surface area (Å²) in [5, 5.41) is 4.97. The first-order chi connectivity index (χ1) is 9.29. The van der Waals surface area contributed by atoms with E-state index in [1.165, 1.54) is 17.4 Å². The molecule has 0 spiro atoms. The largest absolute Gasteiger partial charge is 0.314 e. The third kappa shape index (κ3) is 2.64. The second-order valence-corrected chi connectivity index (χ2v) is 5.73. The van der Waals surface area contributed by atoms with Crippen LogP contribution in [0.5, 0.6) is 0 Å². The van der Waals surface area contributed by atoms with Crippen LogP contribution in [0.3, 0.4) is 0 Å². The van der Waals surface area contributed by atoms with E-state index in [9.17, 15) is 0 Å². The van der Waals surface area contributed by atoms with Crippen molar-refractivity contribution in [1.82, 2.24) is 10.3 Å². The van der Waals surface area contributed by atoms with E-state index in [0.717, 1.165) is 30.3 Å². The van der Waals surface area contributed by atoms with Crippen molar-refractivity contribution in [2.45, 2.75) is 32.7 Å². The Morgan fingerprint density at radius 1 is 1.32 bits per heavy atom. The van der Waals surface area contributed by atoms with Crippen LogP contribution in [0.4, 0.5) is 0 Å². The lowest BCUT2D eigenvalue weighted by Gasteiger charge is -2.18.